The summed E-state index contributed by atoms with van der Waals surface area (Å²) in [6.07, 6.45) is 2.38. The Morgan fingerprint density at radius 2 is 1.92 bits per heavy atom. The summed E-state index contributed by atoms with van der Waals surface area (Å²) in [5.41, 5.74) is 3.74. The molecule has 0 N–H and O–H groups in total. The number of hydrogen-bond acceptors (Lipinski definition) is 4. The fourth-order valence-electron chi connectivity index (χ4n) is 3.71. The molecule has 2 heterocycles. The Balaban J connectivity index is 1.68. The monoisotopic (exact) mass is 341 g/mol. The lowest BCUT2D eigenvalue weighted by atomic mass is 10.1. The van der Waals surface area contributed by atoms with Gasteiger partial charge in [0.1, 0.15) is 0 Å². The molecule has 0 unspecified atom stereocenters. The van der Waals surface area contributed by atoms with Gasteiger partial charge in [0, 0.05) is 31.4 Å². The summed E-state index contributed by atoms with van der Waals surface area (Å²) in [6.45, 7) is 12.9. The second-order valence-electron chi connectivity index (χ2n) is 7.28. The second-order valence-corrected chi connectivity index (χ2v) is 7.28. The Morgan fingerprint density at radius 1 is 1.20 bits per heavy atom. The van der Waals surface area contributed by atoms with Crippen molar-refractivity contribution in [3.8, 4) is 0 Å². The first-order valence-corrected chi connectivity index (χ1v) is 9.66. The maximum Gasteiger partial charge on any atom is 0.154 e. The SMILES string of the molecule is CCN(CC)c1ccc(CN2CCC[C@H]2c2cc(C(C)C)no2)cc1. The Hall–Kier alpha value is -1.81. The van der Waals surface area contributed by atoms with Crippen LogP contribution in [0.4, 0.5) is 5.69 Å². The standard InChI is InChI=1S/C21H31N3O/c1-5-23(6-2)18-11-9-17(10-12-18)15-24-13-7-8-20(24)21-14-19(16(3)4)22-25-21/h9-12,14,16,20H,5-8,13,15H2,1-4H3/t20-/m0/s1. The van der Waals surface area contributed by atoms with Crippen molar-refractivity contribution in [3.63, 3.8) is 0 Å². The molecule has 0 aliphatic carbocycles. The van der Waals surface area contributed by atoms with Crippen molar-refractivity contribution in [2.45, 2.75) is 59.0 Å². The van der Waals surface area contributed by atoms with Gasteiger partial charge in [-0.25, -0.2) is 0 Å². The Labute approximate surface area is 151 Å². The maximum atomic E-state index is 5.66. The van der Waals surface area contributed by atoms with Gasteiger partial charge >= 0.3 is 0 Å². The number of likely N-dealkylation sites (tertiary alicyclic amines) is 1. The highest BCUT2D eigenvalue weighted by Gasteiger charge is 2.29. The largest absolute Gasteiger partial charge is 0.372 e. The van der Waals surface area contributed by atoms with Gasteiger partial charge in [-0.05, 0) is 56.8 Å². The van der Waals surface area contributed by atoms with Gasteiger partial charge in [-0.3, -0.25) is 4.90 Å². The van der Waals surface area contributed by atoms with E-state index in [-0.39, 0.29) is 0 Å². The molecule has 0 amide bonds. The van der Waals surface area contributed by atoms with E-state index in [4.69, 9.17) is 4.52 Å². The molecule has 136 valence electrons. The van der Waals surface area contributed by atoms with Gasteiger partial charge in [-0.2, -0.15) is 0 Å². The van der Waals surface area contributed by atoms with Crippen molar-refractivity contribution >= 4 is 5.69 Å². The predicted molar refractivity (Wildman–Crippen MR) is 103 cm³/mol. The van der Waals surface area contributed by atoms with E-state index >= 15 is 0 Å². The summed E-state index contributed by atoms with van der Waals surface area (Å²) in [5, 5.41) is 4.24. The van der Waals surface area contributed by atoms with E-state index in [0.29, 0.717) is 12.0 Å². The van der Waals surface area contributed by atoms with Gasteiger partial charge in [-0.1, -0.05) is 31.1 Å². The molecule has 2 aromatic rings. The molecule has 1 aromatic heterocycles. The zero-order valence-corrected chi connectivity index (χ0v) is 16.0. The molecular formula is C21H31N3O. The van der Waals surface area contributed by atoms with Gasteiger partial charge in [-0.15, -0.1) is 0 Å². The van der Waals surface area contributed by atoms with Gasteiger partial charge < -0.3 is 9.42 Å². The summed E-state index contributed by atoms with van der Waals surface area (Å²) in [4.78, 5) is 4.90. The number of nitrogens with zero attached hydrogens (tertiary/aromatic N) is 3. The Morgan fingerprint density at radius 3 is 2.52 bits per heavy atom. The molecule has 3 rings (SSSR count). The smallest absolute Gasteiger partial charge is 0.154 e. The van der Waals surface area contributed by atoms with Crippen molar-refractivity contribution in [2.24, 2.45) is 0 Å². The van der Waals surface area contributed by atoms with Crippen LogP contribution in [0.1, 0.15) is 69.5 Å². The number of aromatic nitrogens is 1. The lowest BCUT2D eigenvalue weighted by molar-refractivity contribution is 0.206. The lowest BCUT2D eigenvalue weighted by Gasteiger charge is -2.24. The van der Waals surface area contributed by atoms with E-state index in [1.54, 1.807) is 0 Å². The zero-order valence-electron chi connectivity index (χ0n) is 16.0. The minimum absolute atomic E-state index is 0.363. The van der Waals surface area contributed by atoms with Crippen LogP contribution < -0.4 is 4.90 Å². The molecule has 1 aliphatic heterocycles. The Bertz CT molecular complexity index is 658. The molecule has 1 saturated heterocycles. The van der Waals surface area contributed by atoms with Crippen LogP contribution in [0.2, 0.25) is 0 Å². The van der Waals surface area contributed by atoms with Gasteiger partial charge in [0.25, 0.3) is 0 Å². The van der Waals surface area contributed by atoms with Gasteiger partial charge in [0.05, 0.1) is 11.7 Å². The van der Waals surface area contributed by atoms with E-state index in [1.165, 1.54) is 17.7 Å². The first-order valence-electron chi connectivity index (χ1n) is 9.66. The van der Waals surface area contributed by atoms with Crippen LogP contribution in [0, 0.1) is 0 Å². The summed E-state index contributed by atoms with van der Waals surface area (Å²) in [7, 11) is 0. The van der Waals surface area contributed by atoms with Gasteiger partial charge in [0.2, 0.25) is 0 Å². The highest BCUT2D eigenvalue weighted by Crippen LogP contribution is 2.34. The van der Waals surface area contributed by atoms with Crippen LogP contribution in [0.5, 0.6) is 0 Å². The molecule has 1 atom stereocenters. The van der Waals surface area contributed by atoms with Crippen molar-refractivity contribution < 1.29 is 4.52 Å². The zero-order chi connectivity index (χ0) is 17.8. The highest BCUT2D eigenvalue weighted by atomic mass is 16.5. The molecule has 4 heteroatoms. The second kappa shape index (κ2) is 8.05. The number of hydrogen-bond donors (Lipinski definition) is 0. The molecule has 4 nitrogen and oxygen atoms in total. The molecule has 1 fully saturated rings. The number of anilines is 1. The van der Waals surface area contributed by atoms with Crippen LogP contribution in [-0.2, 0) is 6.54 Å². The predicted octanol–water partition coefficient (Wildman–Crippen LogP) is 4.98. The quantitative estimate of drug-likeness (QED) is 0.711. The number of benzene rings is 1. The van der Waals surface area contributed by atoms with E-state index in [0.717, 1.165) is 44.1 Å². The fraction of sp³-hybridized carbons (Fsp3) is 0.571. The van der Waals surface area contributed by atoms with Crippen LogP contribution in [0.3, 0.4) is 0 Å². The molecule has 25 heavy (non-hydrogen) atoms. The molecule has 0 radical (unpaired) electrons. The third kappa shape index (κ3) is 4.06. The average molecular weight is 341 g/mol. The van der Waals surface area contributed by atoms with E-state index in [1.807, 2.05) is 0 Å². The third-order valence-corrected chi connectivity index (χ3v) is 5.28. The van der Waals surface area contributed by atoms with Crippen molar-refractivity contribution in [3.05, 3.63) is 47.3 Å². The van der Waals surface area contributed by atoms with Crippen molar-refractivity contribution in [1.82, 2.24) is 10.1 Å². The lowest BCUT2D eigenvalue weighted by Crippen LogP contribution is -2.23. The van der Waals surface area contributed by atoms with Crippen molar-refractivity contribution in [2.75, 3.05) is 24.5 Å². The summed E-state index contributed by atoms with van der Waals surface area (Å²) < 4.78 is 5.66. The summed E-state index contributed by atoms with van der Waals surface area (Å²) >= 11 is 0. The van der Waals surface area contributed by atoms with E-state index in [9.17, 15) is 0 Å². The topological polar surface area (TPSA) is 32.5 Å². The van der Waals surface area contributed by atoms with Crippen LogP contribution in [0.15, 0.2) is 34.9 Å². The van der Waals surface area contributed by atoms with Gasteiger partial charge in [0.15, 0.2) is 5.76 Å². The minimum atomic E-state index is 0.363. The number of rotatable bonds is 7. The van der Waals surface area contributed by atoms with Crippen LogP contribution in [-0.4, -0.2) is 29.7 Å². The normalized spacial score (nSPS) is 18.2. The molecule has 0 spiro atoms. The average Bonchev–Trinajstić information content (AvgIpc) is 3.26. The molecule has 1 aromatic carbocycles. The van der Waals surface area contributed by atoms with Crippen LogP contribution >= 0.6 is 0 Å². The van der Waals surface area contributed by atoms with E-state index < -0.39 is 0 Å². The summed E-state index contributed by atoms with van der Waals surface area (Å²) in [5.74, 6) is 1.45. The summed E-state index contributed by atoms with van der Waals surface area (Å²) in [6, 6.07) is 11.5. The molecule has 0 saturated carbocycles. The highest BCUT2D eigenvalue weighted by molar-refractivity contribution is 5.47. The minimum Gasteiger partial charge on any atom is -0.372 e. The maximum absolute atomic E-state index is 5.66. The third-order valence-electron chi connectivity index (χ3n) is 5.28. The molecule has 0 bridgehead atoms. The fourth-order valence-corrected chi connectivity index (χ4v) is 3.71. The molecular weight excluding hydrogens is 310 g/mol. The van der Waals surface area contributed by atoms with E-state index in [2.05, 4.69) is 73.0 Å². The first-order chi connectivity index (χ1) is 12.1. The Kier molecular flexibility index (Phi) is 5.79. The van der Waals surface area contributed by atoms with Crippen LogP contribution in [0.25, 0.3) is 0 Å². The molecule has 1 aliphatic rings. The van der Waals surface area contributed by atoms with Crippen molar-refractivity contribution in [1.29, 1.82) is 0 Å². The first kappa shape index (κ1) is 18.0.